The van der Waals surface area contributed by atoms with Crippen LogP contribution in [0, 0.1) is 5.92 Å². The minimum atomic E-state index is -0.930. The Balaban J connectivity index is 1.65. The molecule has 0 aliphatic carbocycles. The molecule has 1 atom stereocenters. The molecule has 0 spiro atoms. The van der Waals surface area contributed by atoms with Gasteiger partial charge >= 0.3 is 0 Å². The zero-order valence-corrected chi connectivity index (χ0v) is 20.4. The van der Waals surface area contributed by atoms with Gasteiger partial charge in [-0.25, -0.2) is 4.98 Å². The molecule has 0 radical (unpaired) electrons. The zero-order valence-electron chi connectivity index (χ0n) is 19.5. The molecule has 1 saturated heterocycles. The largest absolute Gasteiger partial charge is 0.384 e. The summed E-state index contributed by atoms with van der Waals surface area (Å²) in [4.78, 5) is 23.5. The zero-order chi connectivity index (χ0) is 22.9. The van der Waals surface area contributed by atoms with Gasteiger partial charge in [0.25, 0.3) is 5.56 Å². The Hall–Kier alpha value is -2.22. The highest BCUT2D eigenvalue weighted by molar-refractivity contribution is 7.19. The van der Waals surface area contributed by atoms with Gasteiger partial charge in [0.05, 0.1) is 11.2 Å². The number of rotatable bonds is 6. The number of hydrogen-bond acceptors (Lipinski definition) is 6. The fraction of sp³-hybridized carbons (Fsp3) is 0.520. The first kappa shape index (κ1) is 23.0. The Morgan fingerprint density at radius 3 is 2.53 bits per heavy atom. The summed E-state index contributed by atoms with van der Waals surface area (Å²) in [6.45, 7) is 10.4. The molecule has 0 bridgehead atoms. The van der Waals surface area contributed by atoms with Gasteiger partial charge in [0.15, 0.2) is 0 Å². The number of nitrogens with zero attached hydrogens (tertiary/aromatic N) is 4. The van der Waals surface area contributed by atoms with Crippen LogP contribution >= 0.6 is 11.3 Å². The smallest absolute Gasteiger partial charge is 0.275 e. The van der Waals surface area contributed by atoms with E-state index in [1.165, 1.54) is 17.0 Å². The number of likely N-dealkylation sites (N-methyl/N-ethyl adjacent to an activating group) is 1. The van der Waals surface area contributed by atoms with Crippen molar-refractivity contribution < 1.29 is 5.11 Å². The minimum absolute atomic E-state index is 0.0593. The van der Waals surface area contributed by atoms with Crippen LogP contribution in [-0.4, -0.2) is 52.8 Å². The van der Waals surface area contributed by atoms with Crippen molar-refractivity contribution in [2.45, 2.75) is 45.6 Å². The number of benzene rings is 1. The second-order valence-corrected chi connectivity index (χ2v) is 10.3. The summed E-state index contributed by atoms with van der Waals surface area (Å²) in [6, 6.07) is 10.1. The Morgan fingerprint density at radius 2 is 1.84 bits per heavy atom. The van der Waals surface area contributed by atoms with Crippen LogP contribution in [0.2, 0.25) is 0 Å². The third kappa shape index (κ3) is 4.34. The molecule has 1 unspecified atom stereocenters. The van der Waals surface area contributed by atoms with E-state index in [9.17, 15) is 9.90 Å². The van der Waals surface area contributed by atoms with Crippen molar-refractivity contribution in [2.75, 3.05) is 38.1 Å². The molecular formula is C25H34N4O2S. The summed E-state index contributed by atoms with van der Waals surface area (Å²) in [5, 5.41) is 11.3. The highest BCUT2D eigenvalue weighted by Gasteiger charge is 2.34. The summed E-state index contributed by atoms with van der Waals surface area (Å²) in [5.41, 5.74) is 1.64. The van der Waals surface area contributed by atoms with Crippen molar-refractivity contribution in [3.05, 3.63) is 51.9 Å². The molecule has 1 fully saturated rings. The predicted molar refractivity (Wildman–Crippen MR) is 133 cm³/mol. The number of anilines is 1. The normalized spacial score (nSPS) is 17.6. The molecule has 32 heavy (non-hydrogen) atoms. The predicted octanol–water partition coefficient (Wildman–Crippen LogP) is 4.23. The number of thiophene rings is 1. The summed E-state index contributed by atoms with van der Waals surface area (Å²) in [5.74, 6) is 0.0593. The van der Waals surface area contributed by atoms with Crippen LogP contribution in [0.4, 0.5) is 5.69 Å². The molecule has 172 valence electrons. The van der Waals surface area contributed by atoms with Gasteiger partial charge in [0.2, 0.25) is 0 Å². The summed E-state index contributed by atoms with van der Waals surface area (Å²) < 4.78 is 2.20. The van der Waals surface area contributed by atoms with Gasteiger partial charge in [-0.3, -0.25) is 9.36 Å². The first-order valence-electron chi connectivity index (χ1n) is 11.6. The maximum Gasteiger partial charge on any atom is 0.275 e. The first-order chi connectivity index (χ1) is 15.3. The Bertz CT molecular complexity index is 1120. The highest BCUT2D eigenvalue weighted by Crippen LogP contribution is 2.39. The van der Waals surface area contributed by atoms with Crippen LogP contribution in [0.5, 0.6) is 0 Å². The third-order valence-electron chi connectivity index (χ3n) is 6.66. The van der Waals surface area contributed by atoms with E-state index in [1.54, 1.807) is 10.9 Å². The van der Waals surface area contributed by atoms with Crippen molar-refractivity contribution in [1.29, 1.82) is 0 Å². The van der Waals surface area contributed by atoms with Gasteiger partial charge in [-0.2, -0.15) is 0 Å². The molecule has 1 N–H and O–H groups in total. The molecule has 7 heteroatoms. The van der Waals surface area contributed by atoms with Gasteiger partial charge in [-0.15, -0.1) is 11.3 Å². The molecule has 3 heterocycles. The van der Waals surface area contributed by atoms with Crippen LogP contribution in [0.15, 0.2) is 41.5 Å². The van der Waals surface area contributed by atoms with Crippen LogP contribution in [0.1, 0.15) is 44.9 Å². The second-order valence-electron chi connectivity index (χ2n) is 9.23. The van der Waals surface area contributed by atoms with Gasteiger partial charge in [-0.1, -0.05) is 27.2 Å². The average Bonchev–Trinajstić information content (AvgIpc) is 3.11. The maximum absolute atomic E-state index is 13.3. The number of aliphatic hydroxyl groups is 1. The molecule has 1 aliphatic heterocycles. The van der Waals surface area contributed by atoms with Gasteiger partial charge in [0.1, 0.15) is 16.6 Å². The van der Waals surface area contributed by atoms with E-state index in [-0.39, 0.29) is 11.5 Å². The maximum atomic E-state index is 13.3. The van der Waals surface area contributed by atoms with E-state index in [4.69, 9.17) is 0 Å². The summed E-state index contributed by atoms with van der Waals surface area (Å²) in [7, 11) is 2.17. The lowest BCUT2D eigenvalue weighted by Gasteiger charge is -2.30. The Labute approximate surface area is 194 Å². The third-order valence-corrected chi connectivity index (χ3v) is 7.94. The molecule has 4 rings (SSSR count). The lowest BCUT2D eigenvalue weighted by atomic mass is 9.85. The quantitative estimate of drug-likeness (QED) is 0.604. The minimum Gasteiger partial charge on any atom is -0.384 e. The lowest BCUT2D eigenvalue weighted by Crippen LogP contribution is -2.30. The van der Waals surface area contributed by atoms with Gasteiger partial charge in [-0.05, 0) is 62.7 Å². The van der Waals surface area contributed by atoms with Crippen molar-refractivity contribution >= 4 is 27.2 Å². The number of fused-ring (bicyclic) bond motifs is 1. The average molecular weight is 455 g/mol. The summed E-state index contributed by atoms with van der Waals surface area (Å²) >= 11 is 1.38. The Morgan fingerprint density at radius 1 is 1.12 bits per heavy atom. The fourth-order valence-electron chi connectivity index (χ4n) is 4.52. The van der Waals surface area contributed by atoms with Crippen LogP contribution < -0.4 is 10.5 Å². The van der Waals surface area contributed by atoms with E-state index in [0.717, 1.165) is 49.6 Å². The molecule has 6 nitrogen and oxygen atoms in total. The van der Waals surface area contributed by atoms with Crippen molar-refractivity contribution in [1.82, 2.24) is 14.5 Å². The first-order valence-corrected chi connectivity index (χ1v) is 12.4. The molecule has 0 saturated carbocycles. The fourth-order valence-corrected chi connectivity index (χ4v) is 5.82. The van der Waals surface area contributed by atoms with E-state index >= 15 is 0 Å². The monoisotopic (exact) mass is 454 g/mol. The molecular weight excluding hydrogens is 420 g/mol. The standard InChI is InChI=1S/C25H34N4O2S/c1-5-11-25(31,18(2)3)22-16-21-23(32-22)24(30)29(17-26-21)20-9-7-19(8-10-20)28-13-6-12-27(4)14-15-28/h7-10,16-18,31H,5-6,11-15H2,1-4H3. The molecule has 3 aromatic rings. The molecule has 1 aliphatic rings. The topological polar surface area (TPSA) is 61.6 Å². The van der Waals surface area contributed by atoms with Crippen LogP contribution in [-0.2, 0) is 5.60 Å². The van der Waals surface area contributed by atoms with Crippen LogP contribution in [0.3, 0.4) is 0 Å². The Kier molecular flexibility index (Phi) is 6.70. The SMILES string of the molecule is CCCC(O)(c1cc2ncn(-c3ccc(N4CCCN(C)CC4)cc3)c(=O)c2s1)C(C)C. The van der Waals surface area contributed by atoms with Crippen LogP contribution in [0.25, 0.3) is 15.9 Å². The summed E-state index contributed by atoms with van der Waals surface area (Å²) in [6.07, 6.45) is 4.30. The van der Waals surface area contributed by atoms with E-state index in [0.29, 0.717) is 16.6 Å². The lowest BCUT2D eigenvalue weighted by molar-refractivity contribution is -0.0156. The number of aromatic nitrogens is 2. The van der Waals surface area contributed by atoms with E-state index in [1.807, 2.05) is 32.0 Å². The van der Waals surface area contributed by atoms with E-state index < -0.39 is 5.60 Å². The highest BCUT2D eigenvalue weighted by atomic mass is 32.1. The van der Waals surface area contributed by atoms with E-state index in [2.05, 4.69) is 40.9 Å². The molecule has 0 amide bonds. The molecule has 1 aromatic carbocycles. The van der Waals surface area contributed by atoms with Gasteiger partial charge in [0, 0.05) is 30.2 Å². The molecule has 2 aromatic heterocycles. The van der Waals surface area contributed by atoms with Crippen molar-refractivity contribution in [3.63, 3.8) is 0 Å². The van der Waals surface area contributed by atoms with Crippen molar-refractivity contribution in [3.8, 4) is 5.69 Å². The number of hydrogen-bond donors (Lipinski definition) is 1. The second kappa shape index (κ2) is 9.33. The van der Waals surface area contributed by atoms with Crippen molar-refractivity contribution in [2.24, 2.45) is 5.92 Å². The van der Waals surface area contributed by atoms with Gasteiger partial charge < -0.3 is 14.9 Å².